The Bertz CT molecular complexity index is 3820. The van der Waals surface area contributed by atoms with Gasteiger partial charge in [-0.15, -0.1) is 0 Å². The average Bonchev–Trinajstić information content (AvgIpc) is 3.75. The second kappa shape index (κ2) is 16.8. The fourth-order valence-corrected chi connectivity index (χ4v) is 9.46. The molecule has 5 heteroatoms. The Morgan fingerprint density at radius 2 is 0.765 bits per heavy atom. The van der Waals surface area contributed by atoms with Crippen LogP contribution in [0, 0.1) is 17.9 Å². The van der Waals surface area contributed by atoms with Crippen molar-refractivity contribution in [1.29, 1.82) is 5.26 Å². The molecule has 0 spiro atoms. The van der Waals surface area contributed by atoms with Gasteiger partial charge in [0.15, 0.2) is 23.2 Å². The minimum absolute atomic E-state index is 0.584. The maximum Gasteiger partial charge on any atom is 0.195 e. The van der Waals surface area contributed by atoms with Crippen LogP contribution in [0.4, 0.5) is 5.69 Å². The lowest BCUT2D eigenvalue weighted by Gasteiger charge is -2.12. The highest BCUT2D eigenvalue weighted by atomic mass is 15.0. The fraction of sp³-hybridized carbons (Fsp3) is 0. The maximum atomic E-state index is 9.22. The first-order valence-electron chi connectivity index (χ1n) is 22.5. The Kier molecular flexibility index (Phi) is 9.87. The zero-order chi connectivity index (χ0) is 45.6. The molecule has 1 heterocycles. The second-order valence-corrected chi connectivity index (χ2v) is 17.0. The van der Waals surface area contributed by atoms with Crippen molar-refractivity contribution in [2.24, 2.45) is 0 Å². The lowest BCUT2D eigenvalue weighted by atomic mass is 9.93. The van der Waals surface area contributed by atoms with E-state index in [1.165, 1.54) is 38.6 Å². The predicted molar refractivity (Wildman–Crippen MR) is 276 cm³/mol. The fourth-order valence-electron chi connectivity index (χ4n) is 9.46. The van der Waals surface area contributed by atoms with Gasteiger partial charge in [-0.1, -0.05) is 188 Å². The molecule has 12 rings (SSSR count). The molecule has 11 aromatic rings. The van der Waals surface area contributed by atoms with Crippen molar-refractivity contribution < 1.29 is 0 Å². The Labute approximate surface area is 394 Å². The Balaban J connectivity index is 0.800. The largest absolute Gasteiger partial charge is 0.237 e. The first-order valence-corrected chi connectivity index (χ1v) is 22.5. The molecule has 68 heavy (non-hydrogen) atoms. The van der Waals surface area contributed by atoms with Gasteiger partial charge in [-0.25, -0.2) is 19.8 Å². The lowest BCUT2D eigenvalue weighted by Crippen LogP contribution is -2.00. The summed E-state index contributed by atoms with van der Waals surface area (Å²) in [6.07, 6.45) is 0. The van der Waals surface area contributed by atoms with Crippen LogP contribution in [0.5, 0.6) is 0 Å². The molecule has 0 bridgehead atoms. The molecule has 1 aromatic heterocycles. The highest BCUT2D eigenvalue weighted by molar-refractivity contribution is 6.16. The topological polar surface area (TPSA) is 66.8 Å². The van der Waals surface area contributed by atoms with Crippen LogP contribution in [0.3, 0.4) is 0 Å². The lowest BCUT2D eigenvalue weighted by molar-refractivity contribution is 1.07. The summed E-state index contributed by atoms with van der Waals surface area (Å²) in [6, 6.07) is 79.4. The molecule has 1 aliphatic carbocycles. The molecule has 1 aliphatic rings. The van der Waals surface area contributed by atoms with Gasteiger partial charge in [0.2, 0.25) is 0 Å². The molecule has 0 atom stereocenters. The molecule has 0 fully saturated rings. The van der Waals surface area contributed by atoms with Crippen molar-refractivity contribution in [3.05, 3.63) is 241 Å². The molecular weight excluding hydrogens is 827 g/mol. The summed E-state index contributed by atoms with van der Waals surface area (Å²) in [5.74, 6) is 1.77. The van der Waals surface area contributed by atoms with Gasteiger partial charge in [-0.2, -0.15) is 5.26 Å². The molecule has 0 saturated carbocycles. The Morgan fingerprint density at radius 1 is 0.324 bits per heavy atom. The van der Waals surface area contributed by atoms with Crippen molar-refractivity contribution in [2.75, 3.05) is 0 Å². The van der Waals surface area contributed by atoms with Gasteiger partial charge in [0.1, 0.15) is 0 Å². The predicted octanol–water partition coefficient (Wildman–Crippen LogP) is 16.4. The monoisotopic (exact) mass is 863 g/mol. The summed E-state index contributed by atoms with van der Waals surface area (Å²) in [7, 11) is 0. The minimum atomic E-state index is 0.584. The van der Waals surface area contributed by atoms with Crippen LogP contribution in [0.1, 0.15) is 5.56 Å². The molecule has 0 unspecified atom stereocenters. The van der Waals surface area contributed by atoms with Crippen LogP contribution >= 0.6 is 0 Å². The van der Waals surface area contributed by atoms with E-state index < -0.39 is 0 Å². The third-order valence-corrected chi connectivity index (χ3v) is 13.0. The van der Waals surface area contributed by atoms with Crippen molar-refractivity contribution in [3.8, 4) is 118 Å². The summed E-state index contributed by atoms with van der Waals surface area (Å²) in [4.78, 5) is 18.8. The van der Waals surface area contributed by atoms with E-state index >= 15 is 0 Å². The zero-order valence-electron chi connectivity index (χ0n) is 36.6. The summed E-state index contributed by atoms with van der Waals surface area (Å²) < 4.78 is 0. The smallest absolute Gasteiger partial charge is 0.195 e. The van der Waals surface area contributed by atoms with E-state index in [-0.39, 0.29) is 0 Å². The van der Waals surface area contributed by atoms with Crippen molar-refractivity contribution in [2.45, 2.75) is 0 Å². The van der Waals surface area contributed by atoms with Crippen molar-refractivity contribution in [1.82, 2.24) is 15.0 Å². The molecule has 0 aliphatic heterocycles. The van der Waals surface area contributed by atoms with Crippen LogP contribution < -0.4 is 0 Å². The molecule has 10 aromatic carbocycles. The van der Waals surface area contributed by atoms with Crippen LogP contribution in [0.25, 0.3) is 128 Å². The molecular formula is C63H37N5. The number of nitrogens with zero attached hydrogens (tertiary/aromatic N) is 5. The third-order valence-electron chi connectivity index (χ3n) is 13.0. The molecule has 0 saturated heterocycles. The second-order valence-electron chi connectivity index (χ2n) is 17.0. The summed E-state index contributed by atoms with van der Waals surface area (Å²) in [5.41, 5.74) is 19.5. The number of hydrogen-bond acceptors (Lipinski definition) is 4. The Hall–Kier alpha value is -9.55. The van der Waals surface area contributed by atoms with Gasteiger partial charge in [-0.3, -0.25) is 0 Å². The van der Waals surface area contributed by atoms with Gasteiger partial charge >= 0.3 is 0 Å². The van der Waals surface area contributed by atoms with Gasteiger partial charge < -0.3 is 0 Å². The van der Waals surface area contributed by atoms with E-state index in [2.05, 4.69) is 163 Å². The molecule has 0 N–H and O–H groups in total. The van der Waals surface area contributed by atoms with Crippen LogP contribution in [-0.4, -0.2) is 15.0 Å². The van der Waals surface area contributed by atoms with Gasteiger partial charge in [0, 0.05) is 16.7 Å². The highest BCUT2D eigenvalue weighted by Gasteiger charge is 2.22. The average molecular weight is 864 g/mol. The van der Waals surface area contributed by atoms with E-state index in [1.54, 1.807) is 0 Å². The number of fused-ring (bicyclic) bond motifs is 3. The molecule has 5 nitrogen and oxygen atoms in total. The van der Waals surface area contributed by atoms with Crippen LogP contribution in [0.2, 0.25) is 0 Å². The first-order chi connectivity index (χ1) is 33.6. The number of benzene rings is 10. The van der Waals surface area contributed by atoms with E-state index in [9.17, 15) is 5.26 Å². The maximum absolute atomic E-state index is 9.22. The number of rotatable bonds is 8. The number of aromatic nitrogens is 3. The molecule has 314 valence electrons. The summed E-state index contributed by atoms with van der Waals surface area (Å²) in [5, 5.41) is 11.8. The van der Waals surface area contributed by atoms with E-state index in [1.807, 2.05) is 72.8 Å². The van der Waals surface area contributed by atoms with E-state index in [0.717, 1.165) is 66.8 Å². The standard InChI is InChI=1S/C63H37N5/c1-65-59-38-51(49-11-7-12-50(35-49)53-36-52-13-8-16-57-55-14-5-6-15-56(55)58(37-53)60(52)57)33-34-54(59)45-27-21-42(22-28-45)44-25-31-48(32-26-44)63-67-61(46-9-3-2-4-10-46)66-62(68-63)47-29-23-43(24-30-47)41-19-17-40(39-64)18-20-41/h2-38H. The SMILES string of the molecule is [C-]#[N+]c1cc(-c2cccc(-c3cc4c5c(cccc5c3)-c3ccccc3-4)c2)ccc1-c1ccc(-c2ccc(-c3nc(-c4ccccc4)nc(-c4ccc(-c5ccc(C#N)cc5)cc4)n3)cc2)cc1. The number of hydrogen-bond donors (Lipinski definition) is 0. The van der Waals surface area contributed by atoms with Crippen molar-refractivity contribution in [3.63, 3.8) is 0 Å². The van der Waals surface area contributed by atoms with Crippen LogP contribution in [0.15, 0.2) is 224 Å². The quantitative estimate of drug-likeness (QED) is 0.143. The molecule has 0 amide bonds. The van der Waals surface area contributed by atoms with Crippen LogP contribution in [-0.2, 0) is 0 Å². The zero-order valence-corrected chi connectivity index (χ0v) is 36.6. The van der Waals surface area contributed by atoms with Gasteiger partial charge in [0.05, 0.1) is 18.2 Å². The minimum Gasteiger partial charge on any atom is -0.237 e. The van der Waals surface area contributed by atoms with E-state index in [4.69, 9.17) is 21.5 Å². The number of nitriles is 1. The Morgan fingerprint density at radius 3 is 1.35 bits per heavy atom. The highest BCUT2D eigenvalue weighted by Crippen LogP contribution is 2.49. The summed E-state index contributed by atoms with van der Waals surface area (Å²) >= 11 is 0. The van der Waals surface area contributed by atoms with Gasteiger partial charge in [-0.05, 0) is 125 Å². The summed E-state index contributed by atoms with van der Waals surface area (Å²) in [6.45, 7) is 8.20. The van der Waals surface area contributed by atoms with Crippen molar-refractivity contribution >= 4 is 16.5 Å². The first kappa shape index (κ1) is 40.0. The van der Waals surface area contributed by atoms with Gasteiger partial charge in [0.25, 0.3) is 0 Å². The van der Waals surface area contributed by atoms with E-state index in [0.29, 0.717) is 28.7 Å². The normalized spacial score (nSPS) is 11.2. The third kappa shape index (κ3) is 7.28. The molecule has 0 radical (unpaired) electrons.